The molecule has 2 atom stereocenters. The molecule has 0 saturated heterocycles. The minimum atomic E-state index is -5.22. The van der Waals surface area contributed by atoms with E-state index in [1.807, 2.05) is 13.8 Å². The Bertz CT molecular complexity index is 1570. The maximum Gasteiger partial charge on any atom is 0.416 e. The fourth-order valence-corrected chi connectivity index (χ4v) is 4.94. The number of hydrogen-bond donors (Lipinski definition) is 1. The van der Waals surface area contributed by atoms with E-state index in [4.69, 9.17) is 9.47 Å². The monoisotopic (exact) mass is 693 g/mol. The van der Waals surface area contributed by atoms with Crippen LogP contribution in [0.3, 0.4) is 0 Å². The first-order valence-corrected chi connectivity index (χ1v) is 14.7. The highest BCUT2D eigenvalue weighted by molar-refractivity contribution is 5.76. The molecule has 48 heavy (non-hydrogen) atoms. The van der Waals surface area contributed by atoms with Crippen LogP contribution in [0.25, 0.3) is 11.1 Å². The minimum Gasteiger partial charge on any atom is -0.496 e. The predicted octanol–water partition coefficient (Wildman–Crippen LogP) is 10.4. The normalized spacial score (nSPS) is 14.1. The highest BCUT2D eigenvalue weighted by Gasteiger charge is 2.39. The fourth-order valence-electron chi connectivity index (χ4n) is 4.94. The lowest BCUT2D eigenvalue weighted by molar-refractivity contribution is -0.143. The topological polar surface area (TPSA) is 59.0 Å². The summed E-state index contributed by atoms with van der Waals surface area (Å²) in [6.07, 6.45) is -18.6. The quantitative estimate of drug-likeness (QED) is 0.239. The average molecular weight is 694 g/mol. The van der Waals surface area contributed by atoms with E-state index in [1.54, 1.807) is 18.2 Å². The zero-order valence-corrected chi connectivity index (χ0v) is 27.2. The van der Waals surface area contributed by atoms with Crippen LogP contribution in [-0.4, -0.2) is 34.9 Å². The number of rotatable bonds is 8. The number of carbonyl (C=O) groups excluding carboxylic acids is 1. The first kappa shape index (κ1) is 38.5. The van der Waals surface area contributed by atoms with E-state index in [0.29, 0.717) is 17.7 Å². The van der Waals surface area contributed by atoms with Crippen molar-refractivity contribution in [1.82, 2.24) is 4.90 Å². The number of halogens is 9. The first-order chi connectivity index (χ1) is 21.8. The summed E-state index contributed by atoms with van der Waals surface area (Å²) in [7, 11) is 1.35. The van der Waals surface area contributed by atoms with Crippen LogP contribution in [0.15, 0.2) is 54.6 Å². The molecule has 0 aliphatic carbocycles. The Labute approximate surface area is 272 Å². The summed E-state index contributed by atoms with van der Waals surface area (Å²) in [6, 6.07) is 6.79. The number of nitrogens with zero attached hydrogens (tertiary/aromatic N) is 1. The van der Waals surface area contributed by atoms with Gasteiger partial charge in [0.1, 0.15) is 11.4 Å². The van der Waals surface area contributed by atoms with E-state index in [1.165, 1.54) is 33.9 Å². The van der Waals surface area contributed by atoms with Crippen molar-refractivity contribution >= 4 is 6.09 Å². The molecule has 1 N–H and O–H groups in total. The summed E-state index contributed by atoms with van der Waals surface area (Å²) in [4.78, 5) is 14.3. The van der Waals surface area contributed by atoms with Crippen LogP contribution in [0.5, 0.6) is 5.75 Å². The van der Waals surface area contributed by atoms with Gasteiger partial charge in [0.15, 0.2) is 0 Å². The second-order valence-electron chi connectivity index (χ2n) is 12.6. The number of methoxy groups -OCH3 is 1. The Hall–Kier alpha value is -3.94. The van der Waals surface area contributed by atoms with Gasteiger partial charge in [0.05, 0.1) is 42.5 Å². The maximum absolute atomic E-state index is 14.0. The SMILES string of the molecule is COc1ccc(C(C)C)cc1-c1ccc(C(F)(F)F)cc1CN(C(=O)OC(C)(C)C)[C@@H](C)[C@@H](O)c1cc(C(F)(F)F)cc(C(F)(F)F)c1. The summed E-state index contributed by atoms with van der Waals surface area (Å²) in [5.74, 6) is 0.274. The van der Waals surface area contributed by atoms with Gasteiger partial charge in [-0.25, -0.2) is 4.79 Å². The zero-order valence-electron chi connectivity index (χ0n) is 27.2. The number of alkyl halides is 9. The van der Waals surface area contributed by atoms with E-state index in [0.717, 1.165) is 29.5 Å². The van der Waals surface area contributed by atoms with Gasteiger partial charge in [-0.15, -0.1) is 0 Å². The standard InChI is InChI=1S/C34H36F9NO4/c1-18(2)20-8-11-28(47-7)27(15-20)26-10-9-23(32(35,36)37)14-22(26)17-44(30(46)48-31(4,5)6)19(3)29(45)21-12-24(33(38,39)40)16-25(13-21)34(41,42)43/h8-16,18-19,29,45H,17H2,1-7H3/t19-,29+/m0/s1. The summed E-state index contributed by atoms with van der Waals surface area (Å²) in [6.45, 7) is 8.65. The van der Waals surface area contributed by atoms with E-state index in [2.05, 4.69) is 0 Å². The Kier molecular flexibility index (Phi) is 11.1. The van der Waals surface area contributed by atoms with Crippen molar-refractivity contribution in [2.24, 2.45) is 0 Å². The molecule has 0 spiro atoms. The molecule has 0 fully saturated rings. The van der Waals surface area contributed by atoms with Gasteiger partial charge in [0.25, 0.3) is 0 Å². The van der Waals surface area contributed by atoms with E-state index < -0.39 is 71.2 Å². The van der Waals surface area contributed by atoms with Gasteiger partial charge in [-0.2, -0.15) is 39.5 Å². The molecule has 0 radical (unpaired) electrons. The molecule has 0 aromatic heterocycles. The summed E-state index contributed by atoms with van der Waals surface area (Å²) in [5.41, 5.74) is -5.26. The number of carbonyl (C=O) groups is 1. The van der Waals surface area contributed by atoms with E-state index in [-0.39, 0.29) is 28.9 Å². The van der Waals surface area contributed by atoms with Crippen LogP contribution in [0, 0.1) is 0 Å². The Balaban J connectivity index is 2.26. The van der Waals surface area contributed by atoms with Gasteiger partial charge in [-0.1, -0.05) is 26.0 Å². The molecule has 0 unspecified atom stereocenters. The van der Waals surface area contributed by atoms with Gasteiger partial charge in [0.2, 0.25) is 0 Å². The van der Waals surface area contributed by atoms with Gasteiger partial charge >= 0.3 is 24.6 Å². The van der Waals surface area contributed by atoms with E-state index in [9.17, 15) is 49.4 Å². The third kappa shape index (κ3) is 9.36. The molecule has 3 aromatic rings. The van der Waals surface area contributed by atoms with Gasteiger partial charge in [-0.3, -0.25) is 4.90 Å². The average Bonchev–Trinajstić information content (AvgIpc) is 2.96. The lowest BCUT2D eigenvalue weighted by Gasteiger charge is -2.35. The number of aliphatic hydroxyl groups excluding tert-OH is 1. The third-order valence-electron chi connectivity index (χ3n) is 7.48. The van der Waals surface area contributed by atoms with Gasteiger partial charge in [0, 0.05) is 5.56 Å². The van der Waals surface area contributed by atoms with Crippen LogP contribution in [0.4, 0.5) is 44.3 Å². The van der Waals surface area contributed by atoms with Crippen LogP contribution >= 0.6 is 0 Å². The minimum absolute atomic E-state index is 0.00460. The summed E-state index contributed by atoms with van der Waals surface area (Å²) >= 11 is 0. The van der Waals surface area contributed by atoms with Crippen molar-refractivity contribution in [3.05, 3.63) is 88.0 Å². The molecule has 3 rings (SSSR count). The number of hydrogen-bond acceptors (Lipinski definition) is 4. The lowest BCUT2D eigenvalue weighted by atomic mass is 9.92. The number of amides is 1. The van der Waals surface area contributed by atoms with Crippen molar-refractivity contribution in [3.8, 4) is 16.9 Å². The molecule has 14 heteroatoms. The molecule has 5 nitrogen and oxygen atoms in total. The molecular weight excluding hydrogens is 657 g/mol. The van der Waals surface area contributed by atoms with Crippen LogP contribution in [0.1, 0.15) is 86.9 Å². The molecule has 1 amide bonds. The van der Waals surface area contributed by atoms with Crippen molar-refractivity contribution in [2.75, 3.05) is 7.11 Å². The van der Waals surface area contributed by atoms with Crippen molar-refractivity contribution in [1.29, 1.82) is 0 Å². The second-order valence-corrected chi connectivity index (χ2v) is 12.6. The third-order valence-corrected chi connectivity index (χ3v) is 7.48. The summed E-state index contributed by atoms with van der Waals surface area (Å²) in [5, 5.41) is 11.2. The predicted molar refractivity (Wildman–Crippen MR) is 160 cm³/mol. The van der Waals surface area contributed by atoms with Gasteiger partial charge in [-0.05, 0) is 98.3 Å². The maximum atomic E-state index is 14.0. The molecule has 0 saturated carbocycles. The Morgan fingerprint density at radius 2 is 1.27 bits per heavy atom. The Morgan fingerprint density at radius 1 is 0.729 bits per heavy atom. The van der Waals surface area contributed by atoms with Crippen LogP contribution in [0.2, 0.25) is 0 Å². The Morgan fingerprint density at radius 3 is 1.73 bits per heavy atom. The van der Waals surface area contributed by atoms with Crippen molar-refractivity contribution < 1.29 is 58.9 Å². The largest absolute Gasteiger partial charge is 0.496 e. The molecule has 264 valence electrons. The molecular formula is C34H36F9NO4. The zero-order chi connectivity index (χ0) is 36.6. The molecule has 0 bridgehead atoms. The molecule has 0 aliphatic heterocycles. The molecule has 3 aromatic carbocycles. The first-order valence-electron chi connectivity index (χ1n) is 14.7. The van der Waals surface area contributed by atoms with Gasteiger partial charge < -0.3 is 14.6 Å². The van der Waals surface area contributed by atoms with E-state index >= 15 is 0 Å². The number of ether oxygens (including phenoxy) is 2. The van der Waals surface area contributed by atoms with Crippen molar-refractivity contribution in [2.45, 2.75) is 90.3 Å². The van der Waals surface area contributed by atoms with Crippen LogP contribution < -0.4 is 4.74 Å². The highest BCUT2D eigenvalue weighted by Crippen LogP contribution is 2.41. The van der Waals surface area contributed by atoms with Crippen molar-refractivity contribution in [3.63, 3.8) is 0 Å². The molecule has 0 heterocycles. The number of benzene rings is 3. The van der Waals surface area contributed by atoms with Crippen LogP contribution in [-0.2, 0) is 29.8 Å². The second kappa shape index (κ2) is 13.9. The molecule has 0 aliphatic rings. The highest BCUT2D eigenvalue weighted by atomic mass is 19.4. The lowest BCUT2D eigenvalue weighted by Crippen LogP contribution is -2.44. The summed E-state index contributed by atoms with van der Waals surface area (Å²) < 4.78 is 134. The smallest absolute Gasteiger partial charge is 0.416 e. The fraction of sp³-hybridized carbons (Fsp3) is 0.441. The number of aliphatic hydroxyl groups is 1.